The molecule has 0 unspecified atom stereocenters. The summed E-state index contributed by atoms with van der Waals surface area (Å²) in [6.07, 6.45) is 2.39. The molecule has 0 spiro atoms. The fourth-order valence-electron chi connectivity index (χ4n) is 0.269. The van der Waals surface area contributed by atoms with E-state index >= 15 is 0 Å². The molecule has 0 aliphatic heterocycles. The van der Waals surface area contributed by atoms with E-state index in [1.807, 2.05) is 0 Å². The SMILES string of the molecule is CCCCSS[C]=O. The maximum Gasteiger partial charge on any atom is 0.277 e. The topological polar surface area (TPSA) is 17.1 Å². The van der Waals surface area contributed by atoms with Crippen LogP contribution in [0.2, 0.25) is 0 Å². The van der Waals surface area contributed by atoms with Crippen LogP contribution in [0.3, 0.4) is 0 Å². The number of unbranched alkanes of at least 4 members (excludes halogenated alkanes) is 1. The largest absolute Gasteiger partial charge is 0.277 e. The monoisotopic (exact) mass is 149 g/mol. The average molecular weight is 149 g/mol. The maximum absolute atomic E-state index is 9.59. The van der Waals surface area contributed by atoms with Crippen LogP contribution in [-0.4, -0.2) is 11.4 Å². The fraction of sp³-hybridized carbons (Fsp3) is 0.800. The third-order valence-corrected chi connectivity index (χ3v) is 2.37. The minimum Gasteiger partial charge on any atom is -0.276 e. The van der Waals surface area contributed by atoms with Crippen molar-refractivity contribution in [1.29, 1.82) is 0 Å². The molecule has 0 aromatic carbocycles. The molecule has 0 aliphatic rings. The van der Waals surface area contributed by atoms with Crippen LogP contribution in [0.15, 0.2) is 0 Å². The molecule has 0 aliphatic carbocycles. The lowest BCUT2D eigenvalue weighted by Crippen LogP contribution is -1.71. The predicted molar refractivity (Wildman–Crippen MR) is 40.7 cm³/mol. The van der Waals surface area contributed by atoms with Gasteiger partial charge in [0.25, 0.3) is 5.62 Å². The van der Waals surface area contributed by atoms with Gasteiger partial charge < -0.3 is 0 Å². The summed E-state index contributed by atoms with van der Waals surface area (Å²) in [4.78, 5) is 9.59. The van der Waals surface area contributed by atoms with E-state index in [0.29, 0.717) is 0 Å². The van der Waals surface area contributed by atoms with Crippen LogP contribution >= 0.6 is 21.6 Å². The molecule has 0 N–H and O–H groups in total. The Morgan fingerprint density at radius 3 is 2.88 bits per heavy atom. The van der Waals surface area contributed by atoms with Gasteiger partial charge in [0.1, 0.15) is 0 Å². The van der Waals surface area contributed by atoms with Gasteiger partial charge in [0, 0.05) is 5.75 Å². The van der Waals surface area contributed by atoms with E-state index in [0.717, 1.165) is 16.5 Å². The van der Waals surface area contributed by atoms with Crippen LogP contribution in [0, 0.1) is 0 Å². The van der Waals surface area contributed by atoms with Crippen molar-refractivity contribution in [3.8, 4) is 0 Å². The minimum absolute atomic E-state index is 1.07. The lowest BCUT2D eigenvalue weighted by Gasteiger charge is -1.89. The Bertz CT molecular complexity index is 56.4. The molecule has 1 radical (unpaired) electrons. The molecule has 1 nitrogen and oxygen atoms in total. The van der Waals surface area contributed by atoms with Crippen LogP contribution in [0.25, 0.3) is 0 Å². The van der Waals surface area contributed by atoms with Crippen LogP contribution in [-0.2, 0) is 4.79 Å². The normalized spacial score (nSPS) is 9.12. The van der Waals surface area contributed by atoms with Crippen molar-refractivity contribution >= 4 is 27.2 Å². The third kappa shape index (κ3) is 6.37. The van der Waals surface area contributed by atoms with Crippen molar-refractivity contribution in [2.24, 2.45) is 0 Å². The van der Waals surface area contributed by atoms with Gasteiger partial charge in [-0.15, -0.1) is 0 Å². The standard InChI is InChI=1S/C5H9OS2/c1-2-3-4-7-8-5-6/h2-4H2,1H3. The molecule has 3 heteroatoms. The van der Waals surface area contributed by atoms with Crippen LogP contribution in [0.1, 0.15) is 19.8 Å². The van der Waals surface area contributed by atoms with Crippen LogP contribution < -0.4 is 0 Å². The fourth-order valence-corrected chi connectivity index (χ4v) is 1.55. The quantitative estimate of drug-likeness (QED) is 0.441. The molecular formula is C5H9OS2. The summed E-state index contributed by atoms with van der Waals surface area (Å²) in [5.74, 6) is 1.07. The van der Waals surface area contributed by atoms with E-state index in [2.05, 4.69) is 6.92 Å². The summed E-state index contributed by atoms with van der Waals surface area (Å²) in [7, 11) is 2.73. The molecule has 0 bridgehead atoms. The second-order valence-electron chi connectivity index (χ2n) is 1.34. The smallest absolute Gasteiger partial charge is 0.276 e. The summed E-state index contributed by atoms with van der Waals surface area (Å²) in [5.41, 5.74) is 1.76. The average Bonchev–Trinajstić information content (AvgIpc) is 1.81. The number of hydrogen-bond donors (Lipinski definition) is 0. The molecule has 0 aromatic rings. The third-order valence-electron chi connectivity index (χ3n) is 0.674. The minimum atomic E-state index is 1.07. The van der Waals surface area contributed by atoms with Crippen molar-refractivity contribution in [2.75, 3.05) is 5.75 Å². The van der Waals surface area contributed by atoms with Gasteiger partial charge in [-0.1, -0.05) is 24.1 Å². The first-order chi connectivity index (χ1) is 3.91. The van der Waals surface area contributed by atoms with Gasteiger partial charge in [-0.25, -0.2) is 0 Å². The Labute approximate surface area is 58.0 Å². The summed E-state index contributed by atoms with van der Waals surface area (Å²) in [6.45, 7) is 2.13. The lowest BCUT2D eigenvalue weighted by molar-refractivity contribution is 0.570. The highest BCUT2D eigenvalue weighted by atomic mass is 33.1. The molecule has 0 heterocycles. The Morgan fingerprint density at radius 1 is 1.62 bits per heavy atom. The molecule has 0 atom stereocenters. The molecule has 0 saturated heterocycles. The van der Waals surface area contributed by atoms with Gasteiger partial charge in [0.05, 0.1) is 0 Å². The molecule has 0 fully saturated rings. The van der Waals surface area contributed by atoms with Gasteiger partial charge in [-0.3, -0.25) is 4.79 Å². The number of carbonyl (C=O) groups excluding carboxylic acids is 1. The Balaban J connectivity index is 2.62. The van der Waals surface area contributed by atoms with Crippen molar-refractivity contribution in [1.82, 2.24) is 0 Å². The van der Waals surface area contributed by atoms with Gasteiger partial charge in [0.15, 0.2) is 0 Å². The van der Waals surface area contributed by atoms with Crippen molar-refractivity contribution in [3.05, 3.63) is 0 Å². The molecule has 0 aromatic heterocycles. The van der Waals surface area contributed by atoms with E-state index < -0.39 is 0 Å². The first-order valence-electron chi connectivity index (χ1n) is 2.57. The first-order valence-corrected chi connectivity index (χ1v) is 4.89. The van der Waals surface area contributed by atoms with Crippen molar-refractivity contribution < 1.29 is 4.79 Å². The number of hydrogen-bond acceptors (Lipinski definition) is 3. The number of rotatable bonds is 5. The highest BCUT2D eigenvalue weighted by Crippen LogP contribution is 2.18. The van der Waals surface area contributed by atoms with Gasteiger partial charge in [0.2, 0.25) is 0 Å². The van der Waals surface area contributed by atoms with Gasteiger partial charge >= 0.3 is 0 Å². The Hall–Kier alpha value is 0.370. The Morgan fingerprint density at radius 2 is 2.38 bits per heavy atom. The molecule has 8 heavy (non-hydrogen) atoms. The summed E-state index contributed by atoms with van der Waals surface area (Å²) in [5, 5.41) is 0. The molecular weight excluding hydrogens is 140 g/mol. The molecule has 0 saturated carbocycles. The van der Waals surface area contributed by atoms with Crippen molar-refractivity contribution in [3.63, 3.8) is 0 Å². The lowest BCUT2D eigenvalue weighted by atomic mass is 10.4. The maximum atomic E-state index is 9.59. The summed E-state index contributed by atoms with van der Waals surface area (Å²) >= 11 is 0. The zero-order chi connectivity index (χ0) is 6.24. The highest BCUT2D eigenvalue weighted by Gasteiger charge is 1.85. The summed E-state index contributed by atoms with van der Waals surface area (Å²) in [6, 6.07) is 0. The highest BCUT2D eigenvalue weighted by molar-refractivity contribution is 8.81. The van der Waals surface area contributed by atoms with Gasteiger partial charge in [-0.05, 0) is 17.2 Å². The van der Waals surface area contributed by atoms with Crippen LogP contribution in [0.4, 0.5) is 0 Å². The van der Waals surface area contributed by atoms with Gasteiger partial charge in [-0.2, -0.15) is 0 Å². The van der Waals surface area contributed by atoms with E-state index in [9.17, 15) is 4.79 Å². The Kier molecular flexibility index (Phi) is 7.71. The van der Waals surface area contributed by atoms with Crippen molar-refractivity contribution in [2.45, 2.75) is 19.8 Å². The van der Waals surface area contributed by atoms with E-state index in [-0.39, 0.29) is 0 Å². The molecule has 47 valence electrons. The van der Waals surface area contributed by atoms with E-state index in [1.54, 1.807) is 16.4 Å². The first kappa shape index (κ1) is 8.37. The summed E-state index contributed by atoms with van der Waals surface area (Å²) < 4.78 is 0. The zero-order valence-corrected chi connectivity index (χ0v) is 6.48. The second kappa shape index (κ2) is 7.37. The van der Waals surface area contributed by atoms with Crippen LogP contribution in [0.5, 0.6) is 0 Å². The molecule has 0 amide bonds. The zero-order valence-electron chi connectivity index (χ0n) is 4.85. The van der Waals surface area contributed by atoms with E-state index in [1.165, 1.54) is 12.8 Å². The molecule has 0 rings (SSSR count). The second-order valence-corrected chi connectivity index (χ2v) is 3.53. The van der Waals surface area contributed by atoms with E-state index in [4.69, 9.17) is 0 Å². The predicted octanol–water partition coefficient (Wildman–Crippen LogP) is 2.24.